The molecule has 11 heteroatoms. The number of aryl methyl sites for hydroxylation is 2. The van der Waals surface area contributed by atoms with E-state index in [0.717, 1.165) is 40.1 Å². The molecule has 34 heavy (non-hydrogen) atoms. The predicted octanol–water partition coefficient (Wildman–Crippen LogP) is 3.83. The van der Waals surface area contributed by atoms with Crippen molar-refractivity contribution in [1.29, 1.82) is 0 Å². The average molecular weight is 500 g/mol. The molecule has 2 aromatic carbocycles. The van der Waals surface area contributed by atoms with E-state index in [4.69, 9.17) is 0 Å². The summed E-state index contributed by atoms with van der Waals surface area (Å²) in [7, 11) is -3.75. The molecular formula is C23H22FN5O3S2. The molecule has 0 spiro atoms. The number of imidazole rings is 1. The zero-order valence-corrected chi connectivity index (χ0v) is 19.9. The van der Waals surface area contributed by atoms with Crippen molar-refractivity contribution in [1.82, 2.24) is 19.3 Å². The fourth-order valence-electron chi connectivity index (χ4n) is 3.27. The summed E-state index contributed by atoms with van der Waals surface area (Å²) in [5.74, 6) is -0.570. The van der Waals surface area contributed by atoms with Crippen molar-refractivity contribution in [2.75, 3.05) is 5.32 Å². The van der Waals surface area contributed by atoms with Crippen LogP contribution < -0.4 is 10.0 Å². The topological polar surface area (TPSA) is 106 Å². The number of hydrogen-bond acceptors (Lipinski definition) is 6. The average Bonchev–Trinajstić information content (AvgIpc) is 3.47. The minimum absolute atomic E-state index is 0.0259. The first-order valence-electron chi connectivity index (χ1n) is 10.4. The lowest BCUT2D eigenvalue weighted by molar-refractivity contribution is -0.114. The highest BCUT2D eigenvalue weighted by atomic mass is 32.2. The van der Waals surface area contributed by atoms with E-state index in [2.05, 4.69) is 20.0 Å². The van der Waals surface area contributed by atoms with Crippen LogP contribution in [0.15, 0.2) is 71.5 Å². The van der Waals surface area contributed by atoms with E-state index in [1.165, 1.54) is 25.3 Å². The third kappa shape index (κ3) is 5.93. The summed E-state index contributed by atoms with van der Waals surface area (Å²) >= 11 is 0.887. The predicted molar refractivity (Wildman–Crippen MR) is 128 cm³/mol. The van der Waals surface area contributed by atoms with Crippen molar-refractivity contribution >= 4 is 32.4 Å². The van der Waals surface area contributed by atoms with Gasteiger partial charge in [-0.05, 0) is 35.2 Å². The van der Waals surface area contributed by atoms with E-state index in [9.17, 15) is 17.6 Å². The van der Waals surface area contributed by atoms with Gasteiger partial charge in [0.15, 0.2) is 9.34 Å². The number of aromatic nitrogens is 3. The summed E-state index contributed by atoms with van der Waals surface area (Å²) in [5.41, 5.74) is 3.71. The smallest absolute Gasteiger partial charge is 0.252 e. The van der Waals surface area contributed by atoms with Crippen LogP contribution in [0.4, 0.5) is 9.52 Å². The molecule has 4 aromatic rings. The van der Waals surface area contributed by atoms with Gasteiger partial charge in [0.1, 0.15) is 5.82 Å². The molecule has 2 aromatic heterocycles. The number of carbonyl (C=O) groups is 1. The summed E-state index contributed by atoms with van der Waals surface area (Å²) in [6.07, 6.45) is 5.49. The van der Waals surface area contributed by atoms with Crippen LogP contribution in [0.25, 0.3) is 11.3 Å². The van der Waals surface area contributed by atoms with Crippen LogP contribution in [0, 0.1) is 5.82 Å². The van der Waals surface area contributed by atoms with Crippen LogP contribution in [0.3, 0.4) is 0 Å². The Morgan fingerprint density at radius 2 is 1.76 bits per heavy atom. The van der Waals surface area contributed by atoms with Crippen molar-refractivity contribution in [2.24, 2.45) is 0 Å². The fraction of sp³-hybridized carbons (Fsp3) is 0.174. The van der Waals surface area contributed by atoms with Gasteiger partial charge in [0.05, 0.1) is 24.4 Å². The van der Waals surface area contributed by atoms with Crippen LogP contribution in [0.2, 0.25) is 0 Å². The van der Waals surface area contributed by atoms with Crippen molar-refractivity contribution < 1.29 is 17.6 Å². The molecule has 2 heterocycles. The number of carbonyl (C=O) groups excluding carboxylic acids is 1. The molecule has 0 unspecified atom stereocenters. The Morgan fingerprint density at radius 1 is 1.06 bits per heavy atom. The second-order valence-electron chi connectivity index (χ2n) is 7.54. The first-order valence-corrected chi connectivity index (χ1v) is 12.7. The van der Waals surface area contributed by atoms with Crippen molar-refractivity contribution in [2.45, 2.75) is 30.6 Å². The maximum Gasteiger partial charge on any atom is 0.252 e. The highest BCUT2D eigenvalue weighted by Crippen LogP contribution is 2.24. The van der Waals surface area contributed by atoms with Crippen molar-refractivity contribution in [3.8, 4) is 11.3 Å². The zero-order valence-electron chi connectivity index (χ0n) is 18.2. The minimum Gasteiger partial charge on any atom is -0.330 e. The fourth-order valence-corrected chi connectivity index (χ4v) is 5.41. The summed E-state index contributed by atoms with van der Waals surface area (Å²) in [5, 5.41) is 2.70. The quantitative estimate of drug-likeness (QED) is 0.364. The molecule has 0 saturated carbocycles. The minimum atomic E-state index is -3.75. The molecule has 0 saturated heterocycles. The van der Waals surface area contributed by atoms with E-state index in [1.807, 2.05) is 28.8 Å². The van der Waals surface area contributed by atoms with E-state index in [1.54, 1.807) is 24.7 Å². The molecule has 0 radical (unpaired) electrons. The first kappa shape index (κ1) is 23.7. The number of benzene rings is 2. The monoisotopic (exact) mass is 499 g/mol. The molecule has 8 nitrogen and oxygen atoms in total. The van der Waals surface area contributed by atoms with Crippen molar-refractivity contribution in [3.63, 3.8) is 0 Å². The van der Waals surface area contributed by atoms with E-state index in [-0.39, 0.29) is 27.6 Å². The molecule has 0 bridgehead atoms. The summed E-state index contributed by atoms with van der Waals surface area (Å²) in [6.45, 7) is 2.13. The zero-order chi connectivity index (χ0) is 24.1. The normalized spacial score (nSPS) is 11.5. The third-order valence-electron chi connectivity index (χ3n) is 5.02. The Kier molecular flexibility index (Phi) is 7.15. The largest absolute Gasteiger partial charge is 0.330 e. The molecule has 0 fully saturated rings. The van der Waals surface area contributed by atoms with Crippen LogP contribution in [-0.2, 0) is 34.3 Å². The van der Waals surface area contributed by atoms with E-state index in [0.29, 0.717) is 6.54 Å². The molecule has 0 atom stereocenters. The second kappa shape index (κ2) is 10.2. The van der Waals surface area contributed by atoms with Gasteiger partial charge in [0.25, 0.3) is 10.0 Å². The van der Waals surface area contributed by atoms with E-state index < -0.39 is 10.0 Å². The lowest BCUT2D eigenvalue weighted by Gasteiger charge is -2.10. The first-order chi connectivity index (χ1) is 16.3. The molecular weight excluding hydrogens is 477 g/mol. The number of sulfonamides is 1. The van der Waals surface area contributed by atoms with Crippen molar-refractivity contribution in [3.05, 3.63) is 84.2 Å². The van der Waals surface area contributed by atoms with E-state index >= 15 is 0 Å². The Labute approximate surface area is 200 Å². The SMILES string of the molecule is CC(=O)Nc1ncc(S(=O)(=O)NCc2ccc(-c3cncn3CCc3ccc(F)cc3)cc2)s1. The lowest BCUT2D eigenvalue weighted by atomic mass is 10.1. The van der Waals surface area contributed by atoms with Crippen LogP contribution >= 0.6 is 11.3 Å². The molecule has 0 aliphatic rings. The van der Waals surface area contributed by atoms with Gasteiger partial charge in [-0.1, -0.05) is 47.7 Å². The number of nitrogens with zero attached hydrogens (tertiary/aromatic N) is 3. The van der Waals surface area contributed by atoms with Gasteiger partial charge in [0, 0.05) is 20.0 Å². The Morgan fingerprint density at radius 3 is 2.47 bits per heavy atom. The van der Waals surface area contributed by atoms with Crippen LogP contribution in [0.1, 0.15) is 18.1 Å². The summed E-state index contributed by atoms with van der Waals surface area (Å²) in [6, 6.07) is 14.0. The summed E-state index contributed by atoms with van der Waals surface area (Å²) in [4.78, 5) is 19.3. The second-order valence-corrected chi connectivity index (χ2v) is 10.6. The van der Waals surface area contributed by atoms with Gasteiger partial charge >= 0.3 is 0 Å². The number of halogens is 1. The molecule has 2 N–H and O–H groups in total. The lowest BCUT2D eigenvalue weighted by Crippen LogP contribution is -2.22. The van der Waals surface area contributed by atoms with Gasteiger partial charge in [-0.2, -0.15) is 0 Å². The molecule has 0 aliphatic heterocycles. The Bertz CT molecular complexity index is 1380. The Hall–Kier alpha value is -3.41. The number of thiazole rings is 1. The number of anilines is 1. The van der Waals surface area contributed by atoms with Gasteiger partial charge in [-0.25, -0.2) is 27.5 Å². The highest BCUT2D eigenvalue weighted by Gasteiger charge is 2.18. The summed E-state index contributed by atoms with van der Waals surface area (Å²) < 4.78 is 42.8. The van der Waals surface area contributed by atoms with Crippen LogP contribution in [0.5, 0.6) is 0 Å². The number of amides is 1. The molecule has 1 amide bonds. The maximum atomic E-state index is 13.1. The molecule has 0 aliphatic carbocycles. The standard InChI is InChI=1S/C23H22FN5O3S2/c1-16(30)28-23-26-14-22(33-23)34(31,32)27-12-18-2-6-19(7-3-18)21-13-25-15-29(21)11-10-17-4-8-20(24)9-5-17/h2-9,13-15,27H,10-12H2,1H3,(H,26,28,30). The highest BCUT2D eigenvalue weighted by molar-refractivity contribution is 7.91. The number of nitrogens with one attached hydrogen (secondary N) is 2. The number of rotatable bonds is 9. The van der Waals surface area contributed by atoms with Gasteiger partial charge < -0.3 is 9.88 Å². The molecule has 176 valence electrons. The third-order valence-corrected chi connectivity index (χ3v) is 7.79. The Balaban J connectivity index is 1.38. The maximum absolute atomic E-state index is 13.1. The van der Waals surface area contributed by atoms with Crippen LogP contribution in [-0.4, -0.2) is 28.9 Å². The van der Waals surface area contributed by atoms with Gasteiger partial charge in [-0.3, -0.25) is 4.79 Å². The molecule has 4 rings (SSSR count). The van der Waals surface area contributed by atoms with Gasteiger partial charge in [0.2, 0.25) is 5.91 Å². The number of hydrogen-bond donors (Lipinski definition) is 2. The van der Waals surface area contributed by atoms with Gasteiger partial charge in [-0.15, -0.1) is 0 Å².